The van der Waals surface area contributed by atoms with E-state index in [1.54, 1.807) is 12.1 Å². The van der Waals surface area contributed by atoms with E-state index < -0.39 is 0 Å². The Morgan fingerprint density at radius 3 is 2.35 bits per heavy atom. The minimum absolute atomic E-state index is 0.00616. The van der Waals surface area contributed by atoms with Crippen LogP contribution in [-0.4, -0.2) is 24.6 Å². The van der Waals surface area contributed by atoms with Crippen molar-refractivity contribution in [2.24, 2.45) is 0 Å². The first-order valence-corrected chi connectivity index (χ1v) is 8.15. The standard InChI is InChI=1S/C19H21ClO3/c20-19(23-14-16-8-3-1-4-9-16)12-7-13-22-15-18(21)17-10-5-2-6-11-17/h1-6,8-11,19H,7,12-15H2. The van der Waals surface area contributed by atoms with E-state index in [1.165, 1.54) is 0 Å². The van der Waals surface area contributed by atoms with Gasteiger partial charge in [-0.15, -0.1) is 0 Å². The van der Waals surface area contributed by atoms with Crippen LogP contribution in [-0.2, 0) is 16.1 Å². The largest absolute Gasteiger partial charge is 0.373 e. The minimum Gasteiger partial charge on any atom is -0.373 e. The van der Waals surface area contributed by atoms with Crippen molar-refractivity contribution in [3.63, 3.8) is 0 Å². The highest BCUT2D eigenvalue weighted by molar-refractivity contribution is 6.19. The van der Waals surface area contributed by atoms with Crippen LogP contribution < -0.4 is 0 Å². The average Bonchev–Trinajstić information content (AvgIpc) is 2.61. The maximum absolute atomic E-state index is 11.8. The number of carbonyl (C=O) groups excluding carboxylic acids is 1. The van der Waals surface area contributed by atoms with Crippen LogP contribution >= 0.6 is 11.6 Å². The number of rotatable bonds is 10. The molecule has 0 saturated carbocycles. The zero-order chi connectivity index (χ0) is 16.3. The molecule has 0 saturated heterocycles. The highest BCUT2D eigenvalue weighted by Crippen LogP contribution is 2.11. The van der Waals surface area contributed by atoms with Gasteiger partial charge in [0.05, 0.1) is 6.61 Å². The molecule has 0 N–H and O–H groups in total. The molecule has 2 aromatic rings. The third-order valence-corrected chi connectivity index (χ3v) is 3.67. The van der Waals surface area contributed by atoms with Crippen LogP contribution in [0.2, 0.25) is 0 Å². The van der Waals surface area contributed by atoms with Crippen LogP contribution in [0, 0.1) is 0 Å². The minimum atomic E-state index is -0.344. The summed E-state index contributed by atoms with van der Waals surface area (Å²) in [6.45, 7) is 1.10. The fourth-order valence-electron chi connectivity index (χ4n) is 2.06. The normalized spacial score (nSPS) is 12.0. The van der Waals surface area contributed by atoms with Crippen LogP contribution in [0.4, 0.5) is 0 Å². The first-order valence-electron chi connectivity index (χ1n) is 7.71. The van der Waals surface area contributed by atoms with E-state index in [4.69, 9.17) is 21.1 Å². The topological polar surface area (TPSA) is 35.5 Å². The summed E-state index contributed by atoms with van der Waals surface area (Å²) >= 11 is 6.12. The van der Waals surface area contributed by atoms with Gasteiger partial charge in [-0.25, -0.2) is 0 Å². The molecule has 0 spiro atoms. The Balaban J connectivity index is 1.54. The molecule has 0 aliphatic heterocycles. The Hall–Kier alpha value is -1.68. The van der Waals surface area contributed by atoms with Gasteiger partial charge >= 0.3 is 0 Å². The zero-order valence-corrected chi connectivity index (χ0v) is 13.7. The summed E-state index contributed by atoms with van der Waals surface area (Å²) in [5.74, 6) is -0.00616. The lowest BCUT2D eigenvalue weighted by Crippen LogP contribution is -2.11. The summed E-state index contributed by atoms with van der Waals surface area (Å²) in [5.41, 5.74) is 1.43. The number of hydrogen-bond acceptors (Lipinski definition) is 3. The average molecular weight is 333 g/mol. The van der Waals surface area contributed by atoms with Gasteiger partial charge in [0.15, 0.2) is 5.78 Å². The summed E-state index contributed by atoms with van der Waals surface area (Å²) in [7, 11) is 0. The summed E-state index contributed by atoms with van der Waals surface area (Å²) in [6, 6.07) is 19.1. The van der Waals surface area contributed by atoms with Crippen molar-refractivity contribution in [3.05, 3.63) is 71.8 Å². The van der Waals surface area contributed by atoms with Crippen LogP contribution in [0.15, 0.2) is 60.7 Å². The first-order chi connectivity index (χ1) is 11.3. The van der Waals surface area contributed by atoms with Crippen LogP contribution in [0.1, 0.15) is 28.8 Å². The van der Waals surface area contributed by atoms with Gasteiger partial charge < -0.3 is 9.47 Å². The van der Waals surface area contributed by atoms with Crippen LogP contribution in [0.25, 0.3) is 0 Å². The number of benzene rings is 2. The summed E-state index contributed by atoms with van der Waals surface area (Å²) in [4.78, 5) is 11.8. The van der Waals surface area contributed by atoms with Gasteiger partial charge in [-0.05, 0) is 18.4 Å². The molecule has 0 amide bonds. The molecule has 122 valence electrons. The number of halogens is 1. The Kier molecular flexibility index (Phi) is 7.81. The van der Waals surface area contributed by atoms with Gasteiger partial charge in [0.2, 0.25) is 0 Å². The molecule has 0 aromatic heterocycles. The highest BCUT2D eigenvalue weighted by Gasteiger charge is 2.07. The molecular weight excluding hydrogens is 312 g/mol. The zero-order valence-electron chi connectivity index (χ0n) is 13.0. The highest BCUT2D eigenvalue weighted by atomic mass is 35.5. The van der Waals surface area contributed by atoms with E-state index in [-0.39, 0.29) is 18.0 Å². The molecule has 0 radical (unpaired) electrons. The quantitative estimate of drug-likeness (QED) is 0.366. The second-order valence-corrected chi connectivity index (χ2v) is 5.68. The predicted octanol–water partition coefficient (Wildman–Crippen LogP) is 4.45. The third kappa shape index (κ3) is 6.95. The lowest BCUT2D eigenvalue weighted by atomic mass is 10.1. The molecule has 0 bridgehead atoms. The molecule has 0 aliphatic rings. The van der Waals surface area contributed by atoms with Gasteiger partial charge in [0, 0.05) is 12.2 Å². The number of carbonyl (C=O) groups is 1. The summed E-state index contributed by atoms with van der Waals surface area (Å²) < 4.78 is 11.0. The molecule has 1 unspecified atom stereocenters. The maximum Gasteiger partial charge on any atom is 0.188 e. The molecule has 2 rings (SSSR count). The lowest BCUT2D eigenvalue weighted by Gasteiger charge is -2.11. The SMILES string of the molecule is O=C(COCCCC(Cl)OCc1ccccc1)c1ccccc1. The molecule has 0 fully saturated rings. The fourth-order valence-corrected chi connectivity index (χ4v) is 2.28. The predicted molar refractivity (Wildman–Crippen MR) is 91.7 cm³/mol. The van der Waals surface area contributed by atoms with E-state index in [2.05, 4.69) is 0 Å². The Bertz CT molecular complexity index is 572. The smallest absolute Gasteiger partial charge is 0.188 e. The molecule has 1 atom stereocenters. The van der Waals surface area contributed by atoms with E-state index >= 15 is 0 Å². The molecule has 3 nitrogen and oxygen atoms in total. The molecule has 2 aromatic carbocycles. The second-order valence-electron chi connectivity index (χ2n) is 5.19. The van der Waals surface area contributed by atoms with Crippen molar-refractivity contribution in [2.45, 2.75) is 25.0 Å². The van der Waals surface area contributed by atoms with Gasteiger partial charge in [-0.2, -0.15) is 0 Å². The maximum atomic E-state index is 11.8. The molecular formula is C19H21ClO3. The summed E-state index contributed by atoms with van der Waals surface area (Å²) in [6.07, 6.45) is 1.44. The Morgan fingerprint density at radius 2 is 1.65 bits per heavy atom. The number of hydrogen-bond donors (Lipinski definition) is 0. The second kappa shape index (κ2) is 10.2. The van der Waals surface area contributed by atoms with Crippen molar-refractivity contribution in [1.82, 2.24) is 0 Å². The van der Waals surface area contributed by atoms with Gasteiger partial charge in [0.1, 0.15) is 12.2 Å². The molecule has 23 heavy (non-hydrogen) atoms. The van der Waals surface area contributed by atoms with Crippen molar-refractivity contribution < 1.29 is 14.3 Å². The van der Waals surface area contributed by atoms with E-state index in [9.17, 15) is 4.79 Å². The van der Waals surface area contributed by atoms with E-state index in [0.29, 0.717) is 25.2 Å². The van der Waals surface area contributed by atoms with Crippen molar-refractivity contribution in [1.29, 1.82) is 0 Å². The third-order valence-electron chi connectivity index (χ3n) is 3.32. The van der Waals surface area contributed by atoms with Crippen LogP contribution in [0.3, 0.4) is 0 Å². The first kappa shape index (κ1) is 17.7. The van der Waals surface area contributed by atoms with Crippen molar-refractivity contribution in [2.75, 3.05) is 13.2 Å². The van der Waals surface area contributed by atoms with Gasteiger partial charge in [-0.3, -0.25) is 4.79 Å². The van der Waals surface area contributed by atoms with E-state index in [0.717, 1.165) is 12.0 Å². The van der Waals surface area contributed by atoms with Crippen molar-refractivity contribution in [3.8, 4) is 0 Å². The monoisotopic (exact) mass is 332 g/mol. The molecule has 4 heteroatoms. The molecule has 0 heterocycles. The Labute approximate surface area is 142 Å². The number of alkyl halides is 1. The van der Waals surface area contributed by atoms with Crippen molar-refractivity contribution >= 4 is 17.4 Å². The fraction of sp³-hybridized carbons (Fsp3) is 0.316. The lowest BCUT2D eigenvalue weighted by molar-refractivity contribution is 0.0651. The number of ether oxygens (including phenoxy) is 2. The van der Waals surface area contributed by atoms with Crippen LogP contribution in [0.5, 0.6) is 0 Å². The number of Topliss-reactive ketones (excluding diaryl/α,β-unsaturated/α-hetero) is 1. The molecule has 0 aliphatic carbocycles. The number of ketones is 1. The van der Waals surface area contributed by atoms with E-state index in [1.807, 2.05) is 48.5 Å². The van der Waals surface area contributed by atoms with Gasteiger partial charge in [-0.1, -0.05) is 72.3 Å². The Morgan fingerprint density at radius 1 is 1.00 bits per heavy atom. The van der Waals surface area contributed by atoms with Gasteiger partial charge in [0.25, 0.3) is 0 Å². The summed E-state index contributed by atoms with van der Waals surface area (Å²) in [5, 5.41) is 0.